The second-order valence-electron chi connectivity index (χ2n) is 7.87. The molecule has 3 rings (SSSR count). The predicted octanol–water partition coefficient (Wildman–Crippen LogP) is 4.42. The molecule has 2 fully saturated rings. The quantitative estimate of drug-likeness (QED) is 0.643. The lowest BCUT2D eigenvalue weighted by atomic mass is 9.73. The number of rotatable bonds is 0. The zero-order chi connectivity index (χ0) is 14.2. The molecule has 0 radical (unpaired) electrons. The minimum atomic E-state index is -0.484. The Balaban J connectivity index is 2.19. The average Bonchev–Trinajstić information content (AvgIpc) is 2.65. The SMILES string of the molecule is CC1C(C)(C)C2=CCC3OC(C)(C)OC3=C2C1(C)C. The van der Waals surface area contributed by atoms with Gasteiger partial charge < -0.3 is 9.47 Å². The van der Waals surface area contributed by atoms with Gasteiger partial charge in [-0.15, -0.1) is 0 Å². The van der Waals surface area contributed by atoms with Crippen LogP contribution in [0, 0.1) is 16.7 Å². The van der Waals surface area contributed by atoms with E-state index in [4.69, 9.17) is 9.47 Å². The van der Waals surface area contributed by atoms with Crippen molar-refractivity contribution < 1.29 is 9.47 Å². The van der Waals surface area contributed by atoms with Gasteiger partial charge in [-0.3, -0.25) is 0 Å². The Bertz CT molecular complexity index is 491. The van der Waals surface area contributed by atoms with Crippen LogP contribution in [0.2, 0.25) is 0 Å². The van der Waals surface area contributed by atoms with Gasteiger partial charge >= 0.3 is 0 Å². The van der Waals surface area contributed by atoms with E-state index in [1.807, 2.05) is 13.8 Å². The van der Waals surface area contributed by atoms with E-state index in [0.717, 1.165) is 12.2 Å². The molecule has 2 aliphatic carbocycles. The molecular formula is C17H26O2. The molecule has 19 heavy (non-hydrogen) atoms. The van der Waals surface area contributed by atoms with Gasteiger partial charge in [-0.1, -0.05) is 40.7 Å². The van der Waals surface area contributed by atoms with E-state index in [1.54, 1.807) is 0 Å². The van der Waals surface area contributed by atoms with E-state index in [1.165, 1.54) is 11.1 Å². The third kappa shape index (κ3) is 1.59. The first-order chi connectivity index (χ1) is 8.57. The Labute approximate surface area is 116 Å². The van der Waals surface area contributed by atoms with Crippen molar-refractivity contribution in [3.05, 3.63) is 23.0 Å². The van der Waals surface area contributed by atoms with Gasteiger partial charge in [0.25, 0.3) is 0 Å². The summed E-state index contributed by atoms with van der Waals surface area (Å²) in [7, 11) is 0. The summed E-state index contributed by atoms with van der Waals surface area (Å²) in [5, 5.41) is 0. The molecule has 0 aromatic heterocycles. The van der Waals surface area contributed by atoms with Crippen LogP contribution in [0.5, 0.6) is 0 Å². The lowest BCUT2D eigenvalue weighted by molar-refractivity contribution is -0.132. The molecule has 0 bridgehead atoms. The minimum absolute atomic E-state index is 0.120. The van der Waals surface area contributed by atoms with Crippen molar-refractivity contribution in [2.75, 3.05) is 0 Å². The molecule has 1 saturated heterocycles. The van der Waals surface area contributed by atoms with Crippen molar-refractivity contribution in [2.45, 2.75) is 66.8 Å². The molecule has 0 amide bonds. The highest BCUT2D eigenvalue weighted by Crippen LogP contribution is 2.63. The summed E-state index contributed by atoms with van der Waals surface area (Å²) in [4.78, 5) is 0. The van der Waals surface area contributed by atoms with Crippen LogP contribution in [-0.4, -0.2) is 11.9 Å². The maximum atomic E-state index is 6.16. The Morgan fingerprint density at radius 1 is 1.05 bits per heavy atom. The summed E-state index contributed by atoms with van der Waals surface area (Å²) in [6.07, 6.45) is 3.46. The highest BCUT2D eigenvalue weighted by Gasteiger charge is 2.56. The van der Waals surface area contributed by atoms with Crippen molar-refractivity contribution in [3.8, 4) is 0 Å². The minimum Gasteiger partial charge on any atom is -0.464 e. The number of hydrogen-bond acceptors (Lipinski definition) is 2. The largest absolute Gasteiger partial charge is 0.464 e. The second-order valence-corrected chi connectivity index (χ2v) is 7.87. The third-order valence-electron chi connectivity index (χ3n) is 5.63. The summed E-state index contributed by atoms with van der Waals surface area (Å²) < 4.78 is 12.2. The average molecular weight is 262 g/mol. The van der Waals surface area contributed by atoms with Gasteiger partial charge in [-0.2, -0.15) is 0 Å². The molecule has 0 aromatic rings. The summed E-state index contributed by atoms with van der Waals surface area (Å²) in [5.41, 5.74) is 3.25. The van der Waals surface area contributed by atoms with E-state index in [9.17, 15) is 0 Å². The molecule has 1 heterocycles. The van der Waals surface area contributed by atoms with Crippen LogP contribution in [0.25, 0.3) is 0 Å². The summed E-state index contributed by atoms with van der Waals surface area (Å²) in [6.45, 7) is 15.8. The van der Waals surface area contributed by atoms with Crippen molar-refractivity contribution in [3.63, 3.8) is 0 Å². The number of fused-ring (bicyclic) bond motifs is 2. The van der Waals surface area contributed by atoms with E-state index >= 15 is 0 Å². The molecule has 2 unspecified atom stereocenters. The fraction of sp³-hybridized carbons (Fsp3) is 0.765. The first-order valence-corrected chi connectivity index (χ1v) is 7.40. The Hall–Kier alpha value is -0.760. The van der Waals surface area contributed by atoms with Crippen LogP contribution < -0.4 is 0 Å². The van der Waals surface area contributed by atoms with Crippen molar-refractivity contribution in [2.24, 2.45) is 16.7 Å². The van der Waals surface area contributed by atoms with Gasteiger partial charge in [0.1, 0.15) is 11.9 Å². The van der Waals surface area contributed by atoms with Gasteiger partial charge in [-0.25, -0.2) is 0 Å². The maximum Gasteiger partial charge on any atom is 0.205 e. The normalized spacial score (nSPS) is 37.5. The van der Waals surface area contributed by atoms with Gasteiger partial charge in [0, 0.05) is 19.4 Å². The molecule has 0 spiro atoms. The summed E-state index contributed by atoms with van der Waals surface area (Å²) in [5.74, 6) is 1.22. The van der Waals surface area contributed by atoms with E-state index < -0.39 is 5.79 Å². The molecule has 2 heteroatoms. The van der Waals surface area contributed by atoms with E-state index in [-0.39, 0.29) is 16.9 Å². The molecule has 3 aliphatic rings. The first kappa shape index (κ1) is 13.2. The Kier molecular flexibility index (Phi) is 2.41. The van der Waals surface area contributed by atoms with Crippen LogP contribution in [-0.2, 0) is 9.47 Å². The van der Waals surface area contributed by atoms with Crippen LogP contribution in [0.15, 0.2) is 23.0 Å². The van der Waals surface area contributed by atoms with Crippen molar-refractivity contribution in [1.82, 2.24) is 0 Å². The molecule has 0 N–H and O–H groups in total. The van der Waals surface area contributed by atoms with Crippen LogP contribution in [0.3, 0.4) is 0 Å². The lowest BCUT2D eigenvalue weighted by Gasteiger charge is -2.31. The summed E-state index contributed by atoms with van der Waals surface area (Å²) in [6, 6.07) is 0. The standard InChI is InChI=1S/C17H26O2/c1-10-15(2,3)11-8-9-12-14(13(11)16(10,4)5)19-17(6,7)18-12/h8,10,12H,9H2,1-7H3. The number of hydrogen-bond donors (Lipinski definition) is 0. The highest BCUT2D eigenvalue weighted by atomic mass is 16.7. The van der Waals surface area contributed by atoms with Gasteiger partial charge in [0.2, 0.25) is 5.79 Å². The molecule has 2 nitrogen and oxygen atoms in total. The maximum absolute atomic E-state index is 6.16. The first-order valence-electron chi connectivity index (χ1n) is 7.40. The van der Waals surface area contributed by atoms with Crippen molar-refractivity contribution in [1.29, 1.82) is 0 Å². The molecular weight excluding hydrogens is 236 g/mol. The highest BCUT2D eigenvalue weighted by molar-refractivity contribution is 5.52. The van der Waals surface area contributed by atoms with Crippen LogP contribution >= 0.6 is 0 Å². The van der Waals surface area contributed by atoms with Gasteiger partial charge in [0.05, 0.1) is 0 Å². The fourth-order valence-electron chi connectivity index (χ4n) is 4.18. The monoisotopic (exact) mass is 262 g/mol. The molecule has 1 saturated carbocycles. The zero-order valence-electron chi connectivity index (χ0n) is 13.3. The topological polar surface area (TPSA) is 18.5 Å². The second kappa shape index (κ2) is 3.46. The predicted molar refractivity (Wildman–Crippen MR) is 76.5 cm³/mol. The zero-order valence-corrected chi connectivity index (χ0v) is 13.3. The van der Waals surface area contributed by atoms with Gasteiger partial charge in [-0.05, 0) is 28.7 Å². The van der Waals surface area contributed by atoms with E-state index in [2.05, 4.69) is 40.7 Å². The van der Waals surface area contributed by atoms with E-state index in [0.29, 0.717) is 5.92 Å². The molecule has 2 atom stereocenters. The summed E-state index contributed by atoms with van der Waals surface area (Å²) >= 11 is 0. The molecule has 1 aliphatic heterocycles. The smallest absolute Gasteiger partial charge is 0.205 e. The number of ether oxygens (including phenoxy) is 2. The molecule has 0 aromatic carbocycles. The molecule has 106 valence electrons. The Morgan fingerprint density at radius 3 is 2.32 bits per heavy atom. The third-order valence-corrected chi connectivity index (χ3v) is 5.63. The number of allylic oxidation sites excluding steroid dienone is 2. The lowest BCUT2D eigenvalue weighted by Crippen LogP contribution is -2.25. The van der Waals surface area contributed by atoms with Crippen molar-refractivity contribution >= 4 is 0 Å². The van der Waals surface area contributed by atoms with Gasteiger partial charge in [0.15, 0.2) is 0 Å². The van der Waals surface area contributed by atoms with Crippen LogP contribution in [0.1, 0.15) is 54.9 Å². The fourth-order valence-corrected chi connectivity index (χ4v) is 4.18. The Morgan fingerprint density at radius 2 is 1.68 bits per heavy atom. The van der Waals surface area contributed by atoms with Crippen LogP contribution in [0.4, 0.5) is 0 Å².